The largest absolute Gasteiger partial charge is 0.468 e. The van der Waals surface area contributed by atoms with Gasteiger partial charge in [-0.15, -0.1) is 0 Å². The molecule has 39 heavy (non-hydrogen) atoms. The Labute approximate surface area is 233 Å². The third-order valence-corrected chi connectivity index (χ3v) is 7.01. The third-order valence-electron chi connectivity index (χ3n) is 5.76. The summed E-state index contributed by atoms with van der Waals surface area (Å²) in [4.78, 5) is 38.4. The highest BCUT2D eigenvalue weighted by atomic mass is 35.5. The van der Waals surface area contributed by atoms with Gasteiger partial charge in [-0.3, -0.25) is 9.59 Å². The standard InChI is InChI=1S/C28H23ClN4O5S/c1-16-24(26(35)33-21-10-4-3-9-19(21)28(36)37-2)25(22-11-6-12-38-22)20(14-30)27(31-16)39-15-23(34)32-18-8-5-7-17(29)13-18/h3-13,25,31H,15H2,1-2H3,(H,32,34)(H,33,35). The number of nitrogens with one attached hydrogen (secondary N) is 3. The van der Waals surface area contributed by atoms with E-state index < -0.39 is 17.8 Å². The highest BCUT2D eigenvalue weighted by molar-refractivity contribution is 8.03. The molecule has 0 saturated heterocycles. The van der Waals surface area contributed by atoms with E-state index in [-0.39, 0.29) is 34.1 Å². The van der Waals surface area contributed by atoms with Gasteiger partial charge in [0.2, 0.25) is 5.91 Å². The lowest BCUT2D eigenvalue weighted by Crippen LogP contribution is -2.31. The van der Waals surface area contributed by atoms with Crippen molar-refractivity contribution in [1.82, 2.24) is 5.32 Å². The van der Waals surface area contributed by atoms with Crippen LogP contribution in [0.2, 0.25) is 5.02 Å². The highest BCUT2D eigenvalue weighted by Gasteiger charge is 2.37. The fourth-order valence-electron chi connectivity index (χ4n) is 4.04. The Morgan fingerprint density at radius 3 is 2.62 bits per heavy atom. The second-order valence-corrected chi connectivity index (χ2v) is 9.73. The summed E-state index contributed by atoms with van der Waals surface area (Å²) in [5, 5.41) is 19.7. The number of benzene rings is 2. The van der Waals surface area contributed by atoms with E-state index in [1.54, 1.807) is 61.5 Å². The number of dihydropyridines is 1. The molecule has 3 aromatic rings. The van der Waals surface area contributed by atoms with Crippen molar-refractivity contribution in [3.8, 4) is 6.07 Å². The monoisotopic (exact) mass is 562 g/mol. The first-order valence-electron chi connectivity index (χ1n) is 11.6. The number of rotatable bonds is 8. The molecule has 3 N–H and O–H groups in total. The predicted molar refractivity (Wildman–Crippen MR) is 149 cm³/mol. The van der Waals surface area contributed by atoms with Gasteiger partial charge in [0, 0.05) is 16.4 Å². The number of methoxy groups -OCH3 is 1. The average Bonchev–Trinajstić information content (AvgIpc) is 3.46. The number of thioether (sulfide) groups is 1. The summed E-state index contributed by atoms with van der Waals surface area (Å²) in [6.07, 6.45) is 1.45. The summed E-state index contributed by atoms with van der Waals surface area (Å²) in [5.41, 5.74) is 1.89. The lowest BCUT2D eigenvalue weighted by molar-refractivity contribution is -0.114. The van der Waals surface area contributed by atoms with Gasteiger partial charge in [0.25, 0.3) is 5.91 Å². The van der Waals surface area contributed by atoms with Gasteiger partial charge in [-0.05, 0) is 49.4 Å². The molecule has 0 radical (unpaired) electrons. The van der Waals surface area contributed by atoms with Gasteiger partial charge in [-0.2, -0.15) is 5.26 Å². The van der Waals surface area contributed by atoms with Crippen LogP contribution in [0.3, 0.4) is 0 Å². The van der Waals surface area contributed by atoms with Crippen LogP contribution in [-0.2, 0) is 14.3 Å². The number of amides is 2. The van der Waals surface area contributed by atoms with Crippen molar-refractivity contribution in [2.45, 2.75) is 12.8 Å². The van der Waals surface area contributed by atoms with Gasteiger partial charge in [0.1, 0.15) is 5.76 Å². The van der Waals surface area contributed by atoms with Crippen LogP contribution in [0.4, 0.5) is 11.4 Å². The van der Waals surface area contributed by atoms with E-state index in [2.05, 4.69) is 22.0 Å². The maximum absolute atomic E-state index is 13.6. The molecule has 1 aliphatic heterocycles. The second kappa shape index (κ2) is 12.4. The maximum Gasteiger partial charge on any atom is 0.339 e. The van der Waals surface area contributed by atoms with Gasteiger partial charge < -0.3 is 25.1 Å². The molecule has 0 aliphatic carbocycles. The molecular weight excluding hydrogens is 540 g/mol. The fourth-order valence-corrected chi connectivity index (χ4v) is 5.12. The number of carbonyl (C=O) groups excluding carboxylic acids is 3. The Bertz CT molecular complexity index is 1520. The Morgan fingerprint density at radius 1 is 1.13 bits per heavy atom. The molecule has 0 spiro atoms. The van der Waals surface area contributed by atoms with E-state index in [4.69, 9.17) is 20.8 Å². The van der Waals surface area contributed by atoms with E-state index in [0.717, 1.165) is 11.8 Å². The summed E-state index contributed by atoms with van der Waals surface area (Å²) in [6, 6.07) is 18.7. The average molecular weight is 563 g/mol. The van der Waals surface area contributed by atoms with E-state index >= 15 is 0 Å². The molecule has 1 unspecified atom stereocenters. The van der Waals surface area contributed by atoms with Crippen LogP contribution in [-0.4, -0.2) is 30.6 Å². The number of nitriles is 1. The van der Waals surface area contributed by atoms with Gasteiger partial charge in [-0.1, -0.05) is 41.6 Å². The first-order chi connectivity index (χ1) is 18.8. The van der Waals surface area contributed by atoms with Crippen molar-refractivity contribution in [2.75, 3.05) is 23.5 Å². The Balaban J connectivity index is 1.61. The SMILES string of the molecule is COC(=O)c1ccccc1NC(=O)C1=C(C)NC(SCC(=O)Nc2cccc(Cl)c2)=C(C#N)C1c1ccco1. The zero-order valence-corrected chi connectivity index (χ0v) is 22.5. The van der Waals surface area contributed by atoms with E-state index in [1.165, 1.54) is 19.4 Å². The smallest absolute Gasteiger partial charge is 0.339 e. The zero-order valence-electron chi connectivity index (χ0n) is 20.9. The normalized spacial score (nSPS) is 14.8. The van der Waals surface area contributed by atoms with Crippen molar-refractivity contribution in [2.24, 2.45) is 0 Å². The molecule has 0 bridgehead atoms. The third kappa shape index (κ3) is 6.34. The van der Waals surface area contributed by atoms with Crippen LogP contribution in [0, 0.1) is 11.3 Å². The molecule has 9 nitrogen and oxygen atoms in total. The van der Waals surface area contributed by atoms with Crippen molar-refractivity contribution >= 4 is 52.5 Å². The highest BCUT2D eigenvalue weighted by Crippen LogP contribution is 2.41. The van der Waals surface area contributed by atoms with Crippen LogP contribution in [0.15, 0.2) is 93.2 Å². The topological polar surface area (TPSA) is 133 Å². The first kappa shape index (κ1) is 27.6. The number of hydrogen-bond donors (Lipinski definition) is 3. The van der Waals surface area contributed by atoms with Crippen molar-refractivity contribution in [1.29, 1.82) is 5.26 Å². The van der Waals surface area contributed by atoms with Crippen LogP contribution in [0.1, 0.15) is 29.0 Å². The number of nitrogens with zero attached hydrogens (tertiary/aromatic N) is 1. The number of ether oxygens (including phenoxy) is 1. The Kier molecular flexibility index (Phi) is 8.76. The van der Waals surface area contributed by atoms with E-state index in [1.807, 2.05) is 0 Å². The zero-order chi connectivity index (χ0) is 27.9. The summed E-state index contributed by atoms with van der Waals surface area (Å²) >= 11 is 7.11. The minimum atomic E-state index is -0.852. The molecule has 1 aliphatic rings. The van der Waals surface area contributed by atoms with Crippen LogP contribution in [0.5, 0.6) is 0 Å². The molecule has 2 heterocycles. The van der Waals surface area contributed by atoms with E-state index in [0.29, 0.717) is 27.2 Å². The first-order valence-corrected chi connectivity index (χ1v) is 13.0. The molecule has 1 atom stereocenters. The van der Waals surface area contributed by atoms with Gasteiger partial charge in [-0.25, -0.2) is 4.79 Å². The van der Waals surface area contributed by atoms with Crippen LogP contribution < -0.4 is 16.0 Å². The van der Waals surface area contributed by atoms with Crippen molar-refractivity contribution in [3.05, 3.63) is 105 Å². The summed E-state index contributed by atoms with van der Waals surface area (Å²) in [5.74, 6) is -1.92. The number of carbonyl (C=O) groups is 3. The second-order valence-electron chi connectivity index (χ2n) is 8.31. The minimum absolute atomic E-state index is 0.00772. The number of hydrogen-bond acceptors (Lipinski definition) is 8. The Hall–Kier alpha value is -4.46. The van der Waals surface area contributed by atoms with Gasteiger partial charge in [0.05, 0.1) is 58.5 Å². The molecule has 4 rings (SSSR count). The Morgan fingerprint density at radius 2 is 1.92 bits per heavy atom. The summed E-state index contributed by atoms with van der Waals surface area (Å²) in [6.45, 7) is 1.69. The van der Waals surface area contributed by atoms with Crippen LogP contribution in [0.25, 0.3) is 0 Å². The predicted octanol–water partition coefficient (Wildman–Crippen LogP) is 5.43. The molecule has 0 saturated carbocycles. The number of para-hydroxylation sites is 1. The number of anilines is 2. The van der Waals surface area contributed by atoms with Crippen molar-refractivity contribution in [3.63, 3.8) is 0 Å². The number of esters is 1. The molecule has 198 valence electrons. The maximum atomic E-state index is 13.6. The summed E-state index contributed by atoms with van der Waals surface area (Å²) < 4.78 is 10.4. The minimum Gasteiger partial charge on any atom is -0.468 e. The molecule has 0 fully saturated rings. The molecule has 2 amide bonds. The number of furan rings is 1. The van der Waals surface area contributed by atoms with Gasteiger partial charge >= 0.3 is 5.97 Å². The lowest BCUT2D eigenvalue weighted by Gasteiger charge is -2.28. The van der Waals surface area contributed by atoms with Gasteiger partial charge in [0.15, 0.2) is 0 Å². The van der Waals surface area contributed by atoms with E-state index in [9.17, 15) is 19.6 Å². The van der Waals surface area contributed by atoms with Crippen molar-refractivity contribution < 1.29 is 23.5 Å². The lowest BCUT2D eigenvalue weighted by atomic mass is 9.85. The molecular formula is C28H23ClN4O5S. The molecule has 2 aromatic carbocycles. The molecule has 11 heteroatoms. The number of allylic oxidation sites excluding steroid dienone is 2. The molecule has 1 aromatic heterocycles. The fraction of sp³-hybridized carbons (Fsp3) is 0.143. The number of halogens is 1. The van der Waals surface area contributed by atoms with Crippen LogP contribution >= 0.6 is 23.4 Å². The summed E-state index contributed by atoms with van der Waals surface area (Å²) in [7, 11) is 1.25. The quantitative estimate of drug-likeness (QED) is 0.310.